The van der Waals surface area contributed by atoms with Crippen LogP contribution in [-0.4, -0.2) is 36.9 Å². The molecule has 1 aromatic rings. The predicted molar refractivity (Wildman–Crippen MR) is 94.9 cm³/mol. The van der Waals surface area contributed by atoms with Crippen LogP contribution in [0, 0.1) is 5.92 Å². The average molecular weight is 348 g/mol. The molecule has 1 saturated carbocycles. The number of ether oxygens (including phenoxy) is 2. The maximum Gasteiger partial charge on any atom is 0.322 e. The number of aryl methyl sites for hydroxylation is 1. The molecule has 0 amide bonds. The van der Waals surface area contributed by atoms with E-state index in [0.717, 1.165) is 29.9 Å². The van der Waals surface area contributed by atoms with Gasteiger partial charge >= 0.3 is 5.97 Å². The lowest BCUT2D eigenvalue weighted by Crippen LogP contribution is -2.49. The van der Waals surface area contributed by atoms with Gasteiger partial charge in [0.25, 0.3) is 0 Å². The SMILES string of the molecule is COc1cc(CCC2(C3CCCC3)CC(C(=O)O)NN2)cc(OC)c1. The average Bonchev–Trinajstić information content (AvgIpc) is 3.30. The third kappa shape index (κ3) is 3.90. The summed E-state index contributed by atoms with van der Waals surface area (Å²) in [6.07, 6.45) is 7.19. The van der Waals surface area contributed by atoms with Crippen LogP contribution in [0.2, 0.25) is 0 Å². The highest BCUT2D eigenvalue weighted by Gasteiger charge is 2.47. The van der Waals surface area contributed by atoms with Crippen molar-refractivity contribution < 1.29 is 19.4 Å². The molecular weight excluding hydrogens is 320 g/mol. The highest BCUT2D eigenvalue weighted by molar-refractivity contribution is 5.74. The Balaban J connectivity index is 1.76. The molecule has 6 nitrogen and oxygen atoms in total. The number of hydrazine groups is 1. The molecule has 3 rings (SSSR count). The van der Waals surface area contributed by atoms with Crippen molar-refractivity contribution in [3.8, 4) is 11.5 Å². The summed E-state index contributed by atoms with van der Waals surface area (Å²) in [5.41, 5.74) is 7.37. The maximum absolute atomic E-state index is 11.4. The van der Waals surface area contributed by atoms with Gasteiger partial charge in [-0.05, 0) is 55.7 Å². The van der Waals surface area contributed by atoms with Crippen LogP contribution in [-0.2, 0) is 11.2 Å². The van der Waals surface area contributed by atoms with Crippen molar-refractivity contribution in [2.45, 2.75) is 56.5 Å². The van der Waals surface area contributed by atoms with E-state index in [1.807, 2.05) is 18.2 Å². The molecular formula is C19H28N2O4. The number of hydrogen-bond donors (Lipinski definition) is 3. The summed E-state index contributed by atoms with van der Waals surface area (Å²) in [5, 5.41) is 9.37. The van der Waals surface area contributed by atoms with Gasteiger partial charge in [-0.15, -0.1) is 0 Å². The van der Waals surface area contributed by atoms with Crippen molar-refractivity contribution in [1.82, 2.24) is 10.9 Å². The molecule has 2 unspecified atom stereocenters. The Morgan fingerprint density at radius 2 is 1.84 bits per heavy atom. The van der Waals surface area contributed by atoms with Gasteiger partial charge < -0.3 is 14.6 Å². The van der Waals surface area contributed by atoms with Crippen molar-refractivity contribution in [1.29, 1.82) is 0 Å². The first-order valence-electron chi connectivity index (χ1n) is 9.04. The van der Waals surface area contributed by atoms with Crippen LogP contribution in [0.25, 0.3) is 0 Å². The first-order chi connectivity index (χ1) is 12.1. The highest BCUT2D eigenvalue weighted by Crippen LogP contribution is 2.41. The Morgan fingerprint density at radius 3 is 2.36 bits per heavy atom. The summed E-state index contributed by atoms with van der Waals surface area (Å²) in [5.74, 6) is 1.31. The number of hydrogen-bond acceptors (Lipinski definition) is 5. The molecule has 1 aliphatic heterocycles. The second kappa shape index (κ2) is 7.62. The van der Waals surface area contributed by atoms with Crippen molar-refractivity contribution in [3.63, 3.8) is 0 Å². The third-order valence-electron chi connectivity index (χ3n) is 5.77. The number of nitrogens with one attached hydrogen (secondary N) is 2. The largest absolute Gasteiger partial charge is 0.497 e. The Bertz CT molecular complexity index is 593. The molecule has 3 N–H and O–H groups in total. The van der Waals surface area contributed by atoms with E-state index >= 15 is 0 Å². The van der Waals surface area contributed by atoms with Crippen LogP contribution in [0.5, 0.6) is 11.5 Å². The second-order valence-corrected chi connectivity index (χ2v) is 7.22. The Morgan fingerprint density at radius 1 is 1.20 bits per heavy atom. The summed E-state index contributed by atoms with van der Waals surface area (Å²) in [6.45, 7) is 0. The monoisotopic (exact) mass is 348 g/mol. The molecule has 25 heavy (non-hydrogen) atoms. The minimum Gasteiger partial charge on any atom is -0.497 e. The molecule has 138 valence electrons. The van der Waals surface area contributed by atoms with Gasteiger partial charge in [0.15, 0.2) is 0 Å². The lowest BCUT2D eigenvalue weighted by atomic mass is 9.76. The van der Waals surface area contributed by atoms with Crippen molar-refractivity contribution in [2.24, 2.45) is 5.92 Å². The van der Waals surface area contributed by atoms with E-state index in [-0.39, 0.29) is 5.54 Å². The van der Waals surface area contributed by atoms with E-state index in [2.05, 4.69) is 10.9 Å². The van der Waals surface area contributed by atoms with Crippen LogP contribution >= 0.6 is 0 Å². The minimum absolute atomic E-state index is 0.157. The molecule has 1 saturated heterocycles. The number of methoxy groups -OCH3 is 2. The molecule has 1 heterocycles. The van der Waals surface area contributed by atoms with E-state index in [1.54, 1.807) is 14.2 Å². The van der Waals surface area contributed by atoms with Crippen LogP contribution in [0.4, 0.5) is 0 Å². The van der Waals surface area contributed by atoms with Gasteiger partial charge in [-0.1, -0.05) is 12.8 Å². The number of aliphatic carboxylic acids is 1. The molecule has 0 spiro atoms. The first-order valence-corrected chi connectivity index (χ1v) is 9.04. The van der Waals surface area contributed by atoms with E-state index in [4.69, 9.17) is 9.47 Å². The van der Waals surface area contributed by atoms with Crippen molar-refractivity contribution in [3.05, 3.63) is 23.8 Å². The van der Waals surface area contributed by atoms with E-state index < -0.39 is 12.0 Å². The zero-order chi connectivity index (χ0) is 17.9. The Kier molecular flexibility index (Phi) is 5.49. The molecule has 2 aliphatic rings. The van der Waals surface area contributed by atoms with E-state index in [0.29, 0.717) is 12.3 Å². The molecule has 6 heteroatoms. The fourth-order valence-electron chi connectivity index (χ4n) is 4.34. The molecule has 0 aromatic heterocycles. The van der Waals surface area contributed by atoms with Gasteiger partial charge in [-0.3, -0.25) is 10.2 Å². The van der Waals surface area contributed by atoms with Crippen LogP contribution < -0.4 is 20.3 Å². The topological polar surface area (TPSA) is 79.8 Å². The summed E-state index contributed by atoms with van der Waals surface area (Å²) in [7, 11) is 3.30. The lowest BCUT2D eigenvalue weighted by Gasteiger charge is -2.35. The van der Waals surface area contributed by atoms with Gasteiger partial charge in [0, 0.05) is 11.6 Å². The second-order valence-electron chi connectivity index (χ2n) is 7.22. The van der Waals surface area contributed by atoms with Crippen molar-refractivity contribution >= 4 is 5.97 Å². The summed E-state index contributed by atoms with van der Waals surface area (Å²) >= 11 is 0. The lowest BCUT2D eigenvalue weighted by molar-refractivity contribution is -0.139. The van der Waals surface area contributed by atoms with Crippen LogP contribution in [0.1, 0.15) is 44.1 Å². The number of carbonyl (C=O) groups is 1. The summed E-state index contributed by atoms with van der Waals surface area (Å²) in [4.78, 5) is 11.4. The number of carboxylic acids is 1. The van der Waals surface area contributed by atoms with E-state index in [9.17, 15) is 9.90 Å². The fraction of sp³-hybridized carbons (Fsp3) is 0.632. The maximum atomic E-state index is 11.4. The van der Waals surface area contributed by atoms with Gasteiger partial charge in [-0.2, -0.15) is 0 Å². The summed E-state index contributed by atoms with van der Waals surface area (Å²) in [6, 6.07) is 5.41. The zero-order valence-electron chi connectivity index (χ0n) is 15.0. The zero-order valence-corrected chi connectivity index (χ0v) is 15.0. The predicted octanol–water partition coefficient (Wildman–Crippen LogP) is 2.52. The van der Waals surface area contributed by atoms with Gasteiger partial charge in [0.2, 0.25) is 0 Å². The third-order valence-corrected chi connectivity index (χ3v) is 5.77. The quantitative estimate of drug-likeness (QED) is 0.703. The smallest absolute Gasteiger partial charge is 0.322 e. The van der Waals surface area contributed by atoms with Crippen molar-refractivity contribution in [2.75, 3.05) is 14.2 Å². The molecule has 0 bridgehead atoms. The first kappa shape index (κ1) is 18.0. The normalized spacial score (nSPS) is 26.7. The summed E-state index contributed by atoms with van der Waals surface area (Å²) < 4.78 is 10.7. The standard InChI is InChI=1S/C19H28N2O4/c1-24-15-9-13(10-16(11-15)25-2)7-8-19(14-5-3-4-6-14)12-17(18(22)23)20-21-19/h9-11,14,17,20-21H,3-8,12H2,1-2H3,(H,22,23). The molecule has 1 aromatic carbocycles. The Hall–Kier alpha value is -1.79. The Labute approximate surface area is 148 Å². The van der Waals surface area contributed by atoms with Crippen LogP contribution in [0.15, 0.2) is 18.2 Å². The number of carboxylic acid groups (broad SMARTS) is 1. The molecule has 0 radical (unpaired) electrons. The van der Waals surface area contributed by atoms with Gasteiger partial charge in [-0.25, -0.2) is 5.43 Å². The van der Waals surface area contributed by atoms with Gasteiger partial charge in [0.05, 0.1) is 14.2 Å². The fourth-order valence-corrected chi connectivity index (χ4v) is 4.34. The van der Waals surface area contributed by atoms with E-state index in [1.165, 1.54) is 25.7 Å². The number of benzene rings is 1. The molecule has 2 fully saturated rings. The number of rotatable bonds is 7. The molecule has 2 atom stereocenters. The molecule has 1 aliphatic carbocycles. The van der Waals surface area contributed by atoms with Gasteiger partial charge in [0.1, 0.15) is 17.5 Å². The minimum atomic E-state index is -0.782. The van der Waals surface area contributed by atoms with Crippen LogP contribution in [0.3, 0.4) is 0 Å². The highest BCUT2D eigenvalue weighted by atomic mass is 16.5.